The Morgan fingerprint density at radius 1 is 1.02 bits per heavy atom. The van der Waals surface area contributed by atoms with E-state index < -0.39 is 16.1 Å². The van der Waals surface area contributed by atoms with Crippen LogP contribution in [0.1, 0.15) is 56.0 Å². The van der Waals surface area contributed by atoms with Gasteiger partial charge in [-0.05, 0) is 76.1 Å². The lowest BCUT2D eigenvalue weighted by Gasteiger charge is -2.36. The number of anilines is 1. The molecular formula is C35H47N3O6S. The topological polar surface area (TPSA) is 108 Å². The number of hydrogen-bond acceptors (Lipinski definition) is 7. The Morgan fingerprint density at radius 2 is 1.71 bits per heavy atom. The van der Waals surface area contributed by atoms with E-state index in [0.717, 1.165) is 25.8 Å². The molecule has 0 spiro atoms. The highest BCUT2D eigenvalue weighted by Crippen LogP contribution is 2.29. The third-order valence-corrected chi connectivity index (χ3v) is 9.54. The molecule has 0 aliphatic carbocycles. The van der Waals surface area contributed by atoms with Crippen LogP contribution < -0.4 is 9.46 Å². The van der Waals surface area contributed by atoms with E-state index in [-0.39, 0.29) is 46.8 Å². The van der Waals surface area contributed by atoms with E-state index in [1.807, 2.05) is 25.1 Å². The number of amides is 1. The number of sulfonamides is 1. The van der Waals surface area contributed by atoms with Crippen molar-refractivity contribution in [2.75, 3.05) is 38.1 Å². The zero-order chi connectivity index (χ0) is 32.4. The predicted molar refractivity (Wildman–Crippen MR) is 177 cm³/mol. The van der Waals surface area contributed by atoms with E-state index in [2.05, 4.69) is 35.7 Å². The fourth-order valence-corrected chi connectivity index (χ4v) is 6.60. The molecule has 0 aromatic heterocycles. The van der Waals surface area contributed by atoms with E-state index in [1.165, 1.54) is 23.8 Å². The second-order valence-corrected chi connectivity index (χ2v) is 13.8. The molecule has 1 aliphatic rings. The van der Waals surface area contributed by atoms with Gasteiger partial charge in [-0.2, -0.15) is 0 Å². The van der Waals surface area contributed by atoms with Crippen molar-refractivity contribution in [2.24, 2.45) is 5.92 Å². The molecule has 1 aliphatic heterocycles. The average Bonchev–Trinajstić information content (AvgIpc) is 3.03. The lowest BCUT2D eigenvalue weighted by Crippen LogP contribution is -2.47. The highest BCUT2D eigenvalue weighted by molar-refractivity contribution is 7.92. The molecule has 45 heavy (non-hydrogen) atoms. The Balaban J connectivity index is 1.64. The van der Waals surface area contributed by atoms with Gasteiger partial charge in [-0.1, -0.05) is 55.5 Å². The summed E-state index contributed by atoms with van der Waals surface area (Å²) in [4.78, 5) is 18.3. The molecule has 0 radical (unpaired) electrons. The number of carbonyl (C=O) groups is 1. The third-order valence-electron chi connectivity index (χ3n) is 8.14. The summed E-state index contributed by atoms with van der Waals surface area (Å²) in [5, 5.41) is 10.2. The van der Waals surface area contributed by atoms with E-state index in [9.17, 15) is 18.3 Å². The molecule has 0 saturated heterocycles. The minimum atomic E-state index is -3.88. The van der Waals surface area contributed by atoms with Crippen LogP contribution in [0.2, 0.25) is 0 Å². The molecule has 1 heterocycles. The van der Waals surface area contributed by atoms with Crippen LogP contribution in [0, 0.1) is 5.92 Å². The highest BCUT2D eigenvalue weighted by Gasteiger charge is 2.30. The Hall–Kier alpha value is -3.44. The van der Waals surface area contributed by atoms with Crippen LogP contribution in [0.3, 0.4) is 0 Å². The van der Waals surface area contributed by atoms with Crippen molar-refractivity contribution >= 4 is 21.6 Å². The fraction of sp³-hybridized carbons (Fsp3) is 0.457. The van der Waals surface area contributed by atoms with E-state index in [4.69, 9.17) is 9.47 Å². The number of rotatable bonds is 9. The number of aliphatic hydroxyl groups excluding tert-OH is 1. The largest absolute Gasteiger partial charge is 0.490 e. The summed E-state index contributed by atoms with van der Waals surface area (Å²) in [5.41, 5.74) is 1.69. The zero-order valence-corrected chi connectivity index (χ0v) is 27.6. The SMILES string of the molecule is C[C@@H]1CCCCO[C@H](CN(C)Cc2ccccc2)[C@H](C)CN([C@H](C)CO)C(=O)c2cc(NS(=O)(=O)c3ccccc3)ccc2O1. The van der Waals surface area contributed by atoms with Gasteiger partial charge in [0.05, 0.1) is 35.3 Å². The number of nitrogens with one attached hydrogen (secondary N) is 1. The summed E-state index contributed by atoms with van der Waals surface area (Å²) in [6.07, 6.45) is 2.21. The first-order valence-electron chi connectivity index (χ1n) is 15.7. The van der Waals surface area contributed by atoms with Crippen LogP contribution in [-0.2, 0) is 21.3 Å². The molecule has 4 rings (SSSR count). The maximum Gasteiger partial charge on any atom is 0.261 e. The molecule has 3 aromatic rings. The molecule has 0 saturated carbocycles. The molecular weight excluding hydrogens is 590 g/mol. The van der Waals surface area contributed by atoms with Gasteiger partial charge in [0.2, 0.25) is 0 Å². The van der Waals surface area contributed by atoms with Gasteiger partial charge in [0.25, 0.3) is 15.9 Å². The van der Waals surface area contributed by atoms with E-state index in [1.54, 1.807) is 42.2 Å². The Morgan fingerprint density at radius 3 is 2.40 bits per heavy atom. The number of hydrogen-bond donors (Lipinski definition) is 2. The van der Waals surface area contributed by atoms with E-state index in [0.29, 0.717) is 25.4 Å². The second kappa shape index (κ2) is 16.2. The van der Waals surface area contributed by atoms with Gasteiger partial charge >= 0.3 is 0 Å². The minimum absolute atomic E-state index is 0.0628. The first-order valence-corrected chi connectivity index (χ1v) is 17.2. The third kappa shape index (κ3) is 9.77. The molecule has 4 atom stereocenters. The molecule has 2 N–H and O–H groups in total. The molecule has 0 fully saturated rings. The quantitative estimate of drug-likeness (QED) is 0.323. The standard InChI is InChI=1S/C35H47N3O6S/c1-26-22-38(27(2)25-39)35(40)32-21-30(36-45(41,42)31-16-9-6-10-17-31)18-19-33(32)44-28(3)13-11-12-20-43-34(26)24-37(4)23-29-14-7-5-8-15-29/h5-10,14-19,21,26-28,34,36,39H,11-13,20,22-25H2,1-4H3/t26-,27-,28-,34-/m1/s1. The Bertz CT molecular complexity index is 1470. The number of benzene rings is 3. The maximum absolute atomic E-state index is 14.3. The van der Waals surface area contributed by atoms with Crippen LogP contribution in [0.4, 0.5) is 5.69 Å². The normalized spacial score (nSPS) is 21.0. The zero-order valence-electron chi connectivity index (χ0n) is 26.8. The van der Waals surface area contributed by atoms with Crippen molar-refractivity contribution in [3.05, 3.63) is 90.0 Å². The van der Waals surface area contributed by atoms with Crippen molar-refractivity contribution < 1.29 is 27.8 Å². The number of carbonyl (C=O) groups excluding carboxylic acids is 1. The van der Waals surface area contributed by atoms with Crippen molar-refractivity contribution in [1.82, 2.24) is 9.80 Å². The van der Waals surface area contributed by atoms with Crippen molar-refractivity contribution in [3.8, 4) is 5.75 Å². The Kier molecular flexibility index (Phi) is 12.4. The summed E-state index contributed by atoms with van der Waals surface area (Å²) < 4.78 is 41.5. The fourth-order valence-electron chi connectivity index (χ4n) is 5.53. The van der Waals surface area contributed by atoms with Gasteiger partial charge in [-0.3, -0.25) is 14.4 Å². The summed E-state index contributed by atoms with van der Waals surface area (Å²) in [6.45, 7) is 7.98. The lowest BCUT2D eigenvalue weighted by atomic mass is 10.0. The first kappa shape index (κ1) is 34.4. The average molecular weight is 638 g/mol. The number of likely N-dealkylation sites (N-methyl/N-ethyl adjacent to an activating group) is 1. The van der Waals surface area contributed by atoms with Gasteiger partial charge in [0.15, 0.2) is 0 Å². The van der Waals surface area contributed by atoms with Crippen molar-refractivity contribution in [2.45, 2.75) is 69.7 Å². The van der Waals surface area contributed by atoms with Gasteiger partial charge in [-0.25, -0.2) is 8.42 Å². The van der Waals surface area contributed by atoms with Crippen LogP contribution in [-0.4, -0.2) is 80.8 Å². The van der Waals surface area contributed by atoms with Crippen molar-refractivity contribution in [1.29, 1.82) is 0 Å². The van der Waals surface area contributed by atoms with Crippen LogP contribution >= 0.6 is 0 Å². The number of ether oxygens (including phenoxy) is 2. The Labute approximate surface area is 268 Å². The highest BCUT2D eigenvalue weighted by atomic mass is 32.2. The first-order chi connectivity index (χ1) is 21.6. The summed E-state index contributed by atoms with van der Waals surface area (Å²) in [5.74, 6) is -0.0302. The number of aliphatic hydroxyl groups is 1. The molecule has 0 bridgehead atoms. The van der Waals surface area contributed by atoms with Crippen LogP contribution in [0.15, 0.2) is 83.8 Å². The predicted octanol–water partition coefficient (Wildman–Crippen LogP) is 5.41. The summed E-state index contributed by atoms with van der Waals surface area (Å²) in [7, 11) is -1.81. The van der Waals surface area contributed by atoms with Crippen molar-refractivity contribution in [3.63, 3.8) is 0 Å². The maximum atomic E-state index is 14.3. The lowest BCUT2D eigenvalue weighted by molar-refractivity contribution is -0.0177. The molecule has 9 nitrogen and oxygen atoms in total. The van der Waals surface area contributed by atoms with Gasteiger partial charge < -0.3 is 19.5 Å². The smallest absolute Gasteiger partial charge is 0.261 e. The summed E-state index contributed by atoms with van der Waals surface area (Å²) in [6, 6.07) is 22.6. The van der Waals surface area contributed by atoms with Gasteiger partial charge in [-0.15, -0.1) is 0 Å². The molecule has 10 heteroatoms. The molecule has 1 amide bonds. The van der Waals surface area contributed by atoms with Crippen LogP contribution in [0.25, 0.3) is 0 Å². The number of fused-ring (bicyclic) bond motifs is 1. The molecule has 244 valence electrons. The molecule has 3 aromatic carbocycles. The monoisotopic (exact) mass is 637 g/mol. The summed E-state index contributed by atoms with van der Waals surface area (Å²) >= 11 is 0. The second-order valence-electron chi connectivity index (χ2n) is 12.1. The van der Waals surface area contributed by atoms with Crippen LogP contribution in [0.5, 0.6) is 5.75 Å². The molecule has 0 unspecified atom stereocenters. The van der Waals surface area contributed by atoms with Gasteiger partial charge in [0.1, 0.15) is 5.75 Å². The van der Waals surface area contributed by atoms with E-state index >= 15 is 0 Å². The van der Waals surface area contributed by atoms with Gasteiger partial charge in [0, 0.05) is 37.8 Å². The number of nitrogens with zero attached hydrogens (tertiary/aromatic N) is 2. The minimum Gasteiger partial charge on any atom is -0.490 e.